The average Bonchev–Trinajstić information content (AvgIpc) is 3.33. The van der Waals surface area contributed by atoms with E-state index in [1.54, 1.807) is 0 Å². The molecule has 1 atom stereocenters. The molecule has 1 aromatic carbocycles. The van der Waals surface area contributed by atoms with Gasteiger partial charge in [-0.3, -0.25) is 9.69 Å². The highest BCUT2D eigenvalue weighted by Gasteiger charge is 2.61. The van der Waals surface area contributed by atoms with Crippen LogP contribution in [0.25, 0.3) is 0 Å². The van der Waals surface area contributed by atoms with Gasteiger partial charge in [-0.05, 0) is 62.1 Å². The van der Waals surface area contributed by atoms with Gasteiger partial charge in [0.25, 0.3) is 0 Å². The SMILES string of the molecule is CN(CC1CCN(Cc2ccccc2)CC1)C(=O)[C@H]1CC12CCC2. The minimum absolute atomic E-state index is 0.370. The molecule has 0 unspecified atom stereocenters. The van der Waals surface area contributed by atoms with Crippen molar-refractivity contribution in [2.75, 3.05) is 26.7 Å². The summed E-state index contributed by atoms with van der Waals surface area (Å²) in [5, 5.41) is 0. The zero-order valence-corrected chi connectivity index (χ0v) is 14.9. The molecular formula is C21H30N2O. The first-order valence-electron chi connectivity index (χ1n) is 9.68. The Morgan fingerprint density at radius 1 is 1.21 bits per heavy atom. The number of carbonyl (C=O) groups is 1. The highest BCUT2D eigenvalue weighted by molar-refractivity contribution is 5.82. The van der Waals surface area contributed by atoms with E-state index in [4.69, 9.17) is 0 Å². The summed E-state index contributed by atoms with van der Waals surface area (Å²) in [5.41, 5.74) is 1.87. The molecule has 1 aromatic rings. The van der Waals surface area contributed by atoms with Crippen molar-refractivity contribution >= 4 is 5.91 Å². The van der Waals surface area contributed by atoms with E-state index in [9.17, 15) is 4.79 Å². The fraction of sp³-hybridized carbons (Fsp3) is 0.667. The fourth-order valence-electron chi connectivity index (χ4n) is 4.79. The summed E-state index contributed by atoms with van der Waals surface area (Å²) in [6.45, 7) is 4.35. The van der Waals surface area contributed by atoms with Gasteiger partial charge in [-0.1, -0.05) is 36.8 Å². The van der Waals surface area contributed by atoms with E-state index in [0.29, 0.717) is 23.2 Å². The number of amides is 1. The van der Waals surface area contributed by atoms with Crippen LogP contribution in [-0.2, 0) is 11.3 Å². The van der Waals surface area contributed by atoms with E-state index in [1.807, 2.05) is 7.05 Å². The number of piperidine rings is 1. The highest BCUT2D eigenvalue weighted by Crippen LogP contribution is 2.65. The van der Waals surface area contributed by atoms with E-state index >= 15 is 0 Å². The predicted octanol–water partition coefficient (Wildman–Crippen LogP) is 3.55. The molecule has 24 heavy (non-hydrogen) atoms. The second-order valence-electron chi connectivity index (χ2n) is 8.40. The number of rotatable bonds is 5. The zero-order valence-electron chi connectivity index (χ0n) is 14.9. The lowest BCUT2D eigenvalue weighted by Gasteiger charge is -2.34. The van der Waals surface area contributed by atoms with E-state index < -0.39 is 0 Å². The largest absolute Gasteiger partial charge is 0.345 e. The van der Waals surface area contributed by atoms with Crippen molar-refractivity contribution in [2.24, 2.45) is 17.3 Å². The molecule has 3 fully saturated rings. The van der Waals surface area contributed by atoms with Gasteiger partial charge in [0.1, 0.15) is 0 Å². The third-order valence-electron chi connectivity index (χ3n) is 6.70. The number of hydrogen-bond donors (Lipinski definition) is 0. The van der Waals surface area contributed by atoms with E-state index in [1.165, 1.54) is 44.1 Å². The van der Waals surface area contributed by atoms with Crippen LogP contribution in [0.3, 0.4) is 0 Å². The summed E-state index contributed by atoms with van der Waals surface area (Å²) < 4.78 is 0. The molecule has 0 bridgehead atoms. The molecule has 130 valence electrons. The van der Waals surface area contributed by atoms with Crippen LogP contribution in [0.4, 0.5) is 0 Å². The summed E-state index contributed by atoms with van der Waals surface area (Å²) in [6.07, 6.45) is 7.56. The zero-order chi connectivity index (χ0) is 16.6. The van der Waals surface area contributed by atoms with E-state index in [0.717, 1.165) is 26.2 Å². The Morgan fingerprint density at radius 3 is 2.50 bits per heavy atom. The lowest BCUT2D eigenvalue weighted by atomic mass is 9.79. The lowest BCUT2D eigenvalue weighted by molar-refractivity contribution is -0.133. The first-order chi connectivity index (χ1) is 11.7. The smallest absolute Gasteiger partial charge is 0.226 e. The quantitative estimate of drug-likeness (QED) is 0.826. The van der Waals surface area contributed by atoms with Gasteiger partial charge >= 0.3 is 0 Å². The summed E-state index contributed by atoms with van der Waals surface area (Å²) in [6, 6.07) is 10.7. The van der Waals surface area contributed by atoms with Gasteiger partial charge in [-0.15, -0.1) is 0 Å². The highest BCUT2D eigenvalue weighted by atomic mass is 16.2. The molecule has 2 aliphatic carbocycles. The second kappa shape index (κ2) is 6.51. The Labute approximate surface area is 146 Å². The van der Waals surface area contributed by atoms with Crippen LogP contribution in [0.1, 0.15) is 44.1 Å². The van der Waals surface area contributed by atoms with Crippen LogP contribution in [0, 0.1) is 17.3 Å². The number of nitrogens with zero attached hydrogens (tertiary/aromatic N) is 2. The van der Waals surface area contributed by atoms with Crippen molar-refractivity contribution in [1.82, 2.24) is 9.80 Å². The summed E-state index contributed by atoms with van der Waals surface area (Å²) in [4.78, 5) is 17.2. The standard InChI is InChI=1S/C21H30N2O/c1-22(20(24)19-14-21(19)10-5-11-21)15-18-8-12-23(13-9-18)16-17-6-3-2-4-7-17/h2-4,6-7,18-19H,5,8-16H2,1H3/t19-/m1/s1. The van der Waals surface area contributed by atoms with Gasteiger partial charge in [0, 0.05) is 26.1 Å². The Morgan fingerprint density at radius 2 is 1.92 bits per heavy atom. The van der Waals surface area contributed by atoms with Gasteiger partial charge in [0.2, 0.25) is 5.91 Å². The van der Waals surface area contributed by atoms with Gasteiger partial charge in [0.15, 0.2) is 0 Å². The van der Waals surface area contributed by atoms with E-state index in [-0.39, 0.29) is 0 Å². The molecule has 4 rings (SSSR count). The van der Waals surface area contributed by atoms with Gasteiger partial charge in [-0.25, -0.2) is 0 Å². The Balaban J connectivity index is 1.21. The van der Waals surface area contributed by atoms with Crippen molar-refractivity contribution in [3.63, 3.8) is 0 Å². The van der Waals surface area contributed by atoms with Crippen LogP contribution in [0.15, 0.2) is 30.3 Å². The third-order valence-corrected chi connectivity index (χ3v) is 6.70. The molecule has 0 N–H and O–H groups in total. The maximum atomic E-state index is 12.6. The molecule has 2 saturated carbocycles. The monoisotopic (exact) mass is 326 g/mol. The average molecular weight is 326 g/mol. The summed E-state index contributed by atoms with van der Waals surface area (Å²) in [7, 11) is 2.03. The predicted molar refractivity (Wildman–Crippen MR) is 96.5 cm³/mol. The van der Waals surface area contributed by atoms with Crippen molar-refractivity contribution in [3.05, 3.63) is 35.9 Å². The van der Waals surface area contributed by atoms with Crippen LogP contribution >= 0.6 is 0 Å². The Kier molecular flexibility index (Phi) is 4.38. The maximum Gasteiger partial charge on any atom is 0.226 e. The number of likely N-dealkylation sites (tertiary alicyclic amines) is 1. The van der Waals surface area contributed by atoms with Gasteiger partial charge in [-0.2, -0.15) is 0 Å². The van der Waals surface area contributed by atoms with Crippen molar-refractivity contribution < 1.29 is 4.79 Å². The fourth-order valence-corrected chi connectivity index (χ4v) is 4.79. The molecule has 0 aromatic heterocycles. The molecule has 0 radical (unpaired) electrons. The van der Waals surface area contributed by atoms with Crippen LogP contribution in [0.2, 0.25) is 0 Å². The number of carbonyl (C=O) groups excluding carboxylic acids is 1. The van der Waals surface area contributed by atoms with Gasteiger partial charge < -0.3 is 4.90 Å². The molecule has 1 spiro atoms. The van der Waals surface area contributed by atoms with Crippen LogP contribution in [0.5, 0.6) is 0 Å². The minimum atomic E-state index is 0.370. The molecule has 1 heterocycles. The summed E-state index contributed by atoms with van der Waals surface area (Å²) in [5.74, 6) is 1.48. The Bertz CT molecular complexity index is 573. The number of benzene rings is 1. The first-order valence-corrected chi connectivity index (χ1v) is 9.68. The third kappa shape index (κ3) is 3.23. The van der Waals surface area contributed by atoms with Crippen molar-refractivity contribution in [1.29, 1.82) is 0 Å². The van der Waals surface area contributed by atoms with Gasteiger partial charge in [0.05, 0.1) is 0 Å². The molecule has 3 heteroatoms. The van der Waals surface area contributed by atoms with Crippen molar-refractivity contribution in [3.8, 4) is 0 Å². The van der Waals surface area contributed by atoms with E-state index in [2.05, 4.69) is 40.1 Å². The normalized spacial score (nSPS) is 26.1. The second-order valence-corrected chi connectivity index (χ2v) is 8.40. The maximum absolute atomic E-state index is 12.6. The molecule has 3 aliphatic rings. The molecule has 1 amide bonds. The molecular weight excluding hydrogens is 296 g/mol. The van der Waals surface area contributed by atoms with Crippen LogP contribution in [-0.4, -0.2) is 42.4 Å². The van der Waals surface area contributed by atoms with Crippen molar-refractivity contribution in [2.45, 2.75) is 45.1 Å². The molecule has 3 nitrogen and oxygen atoms in total. The minimum Gasteiger partial charge on any atom is -0.345 e. The molecule has 1 saturated heterocycles. The summed E-state index contributed by atoms with van der Waals surface area (Å²) >= 11 is 0. The first kappa shape index (κ1) is 16.1. The van der Waals surface area contributed by atoms with Crippen LogP contribution < -0.4 is 0 Å². The topological polar surface area (TPSA) is 23.6 Å². The Hall–Kier alpha value is -1.35. The molecule has 1 aliphatic heterocycles. The number of hydrogen-bond acceptors (Lipinski definition) is 2. The lowest BCUT2D eigenvalue weighted by Crippen LogP contribution is -2.40.